The third-order valence-electron chi connectivity index (χ3n) is 17.1. The first-order valence-corrected chi connectivity index (χ1v) is 35.3. The molecule has 0 spiro atoms. The van der Waals surface area contributed by atoms with Gasteiger partial charge in [-0.1, -0.05) is 97.1 Å². The van der Waals surface area contributed by atoms with Crippen LogP contribution in [0, 0.1) is 46.5 Å². The molecule has 8 aromatic carbocycles. The Morgan fingerprint density at radius 2 is 0.481 bits per heavy atom. The molecule has 0 bridgehead atoms. The summed E-state index contributed by atoms with van der Waals surface area (Å²) in [7, 11) is 0. The monoisotopic (exact) mass is 1550 g/mol. The Labute approximate surface area is 640 Å². The fraction of sp³-hybridized carbons (Fsp3) is 0.200. The average Bonchev–Trinajstić information content (AvgIpc) is 0.783. The van der Waals surface area contributed by atoms with E-state index in [2.05, 4.69) is 21.3 Å². The second-order valence-electron chi connectivity index (χ2n) is 23.8. The van der Waals surface area contributed by atoms with Crippen molar-refractivity contribution in [2.75, 3.05) is 46.0 Å². The van der Waals surface area contributed by atoms with E-state index < -0.39 is 94.6 Å². The van der Waals surface area contributed by atoms with E-state index in [1.165, 1.54) is 24.3 Å². The fourth-order valence-corrected chi connectivity index (χ4v) is 13.7. The molecule has 8 aromatic rings. The zero-order chi connectivity index (χ0) is 78.2. The van der Waals surface area contributed by atoms with E-state index in [4.69, 9.17) is 67.8 Å². The number of hydrogen-bond donors (Lipinski definition) is 4. The molecule has 28 heteroatoms. The van der Waals surface area contributed by atoms with Gasteiger partial charge in [0.1, 0.15) is 46.5 Å². The number of hydrogen-bond acceptors (Lipinski definition) is 12. The number of thiocarbonyl (C=S) groups is 4. The minimum absolute atomic E-state index is 0.119. The second-order valence-corrected chi connectivity index (χ2v) is 25.3. The number of allylic oxidation sites excluding steroid dienone is 4. The molecule has 4 heterocycles. The van der Waals surface area contributed by atoms with Gasteiger partial charge in [-0.15, -0.1) is 0 Å². The number of nitrogens with zero attached hydrogens (tertiary/aromatic N) is 4. The number of esters is 4. The Hall–Kier alpha value is -11.2. The highest BCUT2D eigenvalue weighted by Crippen LogP contribution is 2.41. The van der Waals surface area contributed by atoms with Crippen molar-refractivity contribution in [1.29, 1.82) is 0 Å². The number of rotatable bonds is 16. The van der Waals surface area contributed by atoms with E-state index in [-0.39, 0.29) is 71.0 Å². The SMILES string of the molecule is CCOC(=O)C1=C(C)N(c2ccccc2)C(=S)N[C@@H]1c1ccc(F)cc1F.CCOC(=O)C1=C(C)N(c2ccccc2)C(=S)N[C@@H]1c1ccc(F)cc1F.CCOC(=O)C1=C(C)N(c2ccccc2)C(=S)N[C@H]1c1ccc(F)cc1F.CCOC(=O)C1=C(C)N(c2ccccc2)C(=S)N[C@H]1c1ccc(F)cc1F. The third kappa shape index (κ3) is 18.4. The van der Waals surface area contributed by atoms with E-state index in [1.54, 1.807) is 75.0 Å². The molecule has 0 saturated carbocycles. The van der Waals surface area contributed by atoms with Crippen LogP contribution in [-0.2, 0) is 38.1 Å². The molecule has 0 unspecified atom stereocenters. The van der Waals surface area contributed by atoms with Gasteiger partial charge in [-0.3, -0.25) is 19.6 Å². The number of anilines is 4. The Morgan fingerprint density at radius 3 is 0.639 bits per heavy atom. The van der Waals surface area contributed by atoms with Gasteiger partial charge >= 0.3 is 23.9 Å². The van der Waals surface area contributed by atoms with E-state index in [1.807, 2.05) is 121 Å². The van der Waals surface area contributed by atoms with Crippen LogP contribution < -0.4 is 40.9 Å². The molecule has 560 valence electrons. The number of halogens is 8. The summed E-state index contributed by atoms with van der Waals surface area (Å²) in [6, 6.07) is 46.4. The van der Waals surface area contributed by atoms with Gasteiger partial charge < -0.3 is 40.2 Å². The van der Waals surface area contributed by atoms with Gasteiger partial charge in [-0.05, 0) is 177 Å². The van der Waals surface area contributed by atoms with Crippen LogP contribution in [0.4, 0.5) is 57.9 Å². The first kappa shape index (κ1) is 80.9. The van der Waals surface area contributed by atoms with Crippen molar-refractivity contribution in [3.05, 3.63) is 308 Å². The summed E-state index contributed by atoms with van der Waals surface area (Å²) in [5.41, 5.74) is 6.49. The molecule has 0 amide bonds. The molecule has 0 aliphatic carbocycles. The van der Waals surface area contributed by atoms with Gasteiger partial charge in [0.15, 0.2) is 20.4 Å². The van der Waals surface area contributed by atoms with Crippen molar-refractivity contribution in [3.63, 3.8) is 0 Å². The molecule has 0 radical (unpaired) electrons. The Bertz CT molecular complexity index is 4270. The summed E-state index contributed by atoms with van der Waals surface area (Å²) in [5.74, 6) is -8.18. The van der Waals surface area contributed by atoms with Crippen molar-refractivity contribution in [2.45, 2.75) is 79.6 Å². The Balaban J connectivity index is 0.000000166. The number of para-hydroxylation sites is 4. The standard InChI is InChI=1S/4C20H18F2N2O2S/c4*1-3-26-19(25)17-12(2)24(14-7-5-4-6-8-14)20(27)23-18(17)15-10-9-13(21)11-16(15)22/h4*4-11,18H,3H2,1-2H3,(H,23,27)/t4*18-/m1100/s1. The maximum absolute atomic E-state index is 14.4. The highest BCUT2D eigenvalue weighted by atomic mass is 32.1. The van der Waals surface area contributed by atoms with Gasteiger partial charge in [0.2, 0.25) is 0 Å². The maximum atomic E-state index is 14.4. The number of nitrogens with one attached hydrogen (secondary N) is 4. The zero-order valence-electron chi connectivity index (χ0n) is 59.3. The fourth-order valence-electron chi connectivity index (χ4n) is 12.3. The molecule has 4 N–H and O–H groups in total. The lowest BCUT2D eigenvalue weighted by Crippen LogP contribution is -2.48. The van der Waals surface area contributed by atoms with Gasteiger partial charge in [0.05, 0.1) is 72.9 Å². The van der Waals surface area contributed by atoms with Crippen LogP contribution in [-0.4, -0.2) is 70.8 Å². The maximum Gasteiger partial charge on any atom is 0.338 e. The van der Waals surface area contributed by atoms with Crippen molar-refractivity contribution < 1.29 is 73.2 Å². The Kier molecular flexibility index (Phi) is 27.6. The van der Waals surface area contributed by atoms with Crippen LogP contribution in [0.25, 0.3) is 0 Å². The number of benzene rings is 8. The lowest BCUT2D eigenvalue weighted by atomic mass is 9.94. The quantitative estimate of drug-likeness (QED) is 0.0312. The molecule has 108 heavy (non-hydrogen) atoms. The number of ether oxygens (including phenoxy) is 4. The van der Waals surface area contributed by atoms with Crippen LogP contribution in [0.2, 0.25) is 0 Å². The number of carbonyl (C=O) groups excluding carboxylic acids is 4. The summed E-state index contributed by atoms with van der Waals surface area (Å²) in [6.45, 7) is 14.3. The smallest absolute Gasteiger partial charge is 0.338 e. The minimum atomic E-state index is -0.878. The van der Waals surface area contributed by atoms with Crippen molar-refractivity contribution in [2.24, 2.45) is 0 Å². The highest BCUT2D eigenvalue weighted by molar-refractivity contribution is 7.81. The van der Waals surface area contributed by atoms with Crippen LogP contribution in [0.3, 0.4) is 0 Å². The van der Waals surface area contributed by atoms with Crippen molar-refractivity contribution in [1.82, 2.24) is 21.3 Å². The van der Waals surface area contributed by atoms with Crippen LogP contribution >= 0.6 is 48.9 Å². The molecule has 4 aliphatic rings. The molecule has 12 rings (SSSR count). The molecule has 16 nitrogen and oxygen atoms in total. The number of carbonyl (C=O) groups is 4. The lowest BCUT2D eigenvalue weighted by molar-refractivity contribution is -0.140. The van der Waals surface area contributed by atoms with Crippen molar-refractivity contribution in [3.8, 4) is 0 Å². The first-order chi connectivity index (χ1) is 51.7. The molecule has 4 aliphatic heterocycles. The largest absolute Gasteiger partial charge is 0.463 e. The normalized spacial score (nSPS) is 17.0. The van der Waals surface area contributed by atoms with E-state index >= 15 is 0 Å². The predicted octanol–water partition coefficient (Wildman–Crippen LogP) is 17.0. The summed E-state index contributed by atoms with van der Waals surface area (Å²) >= 11 is 21.9. The van der Waals surface area contributed by atoms with E-state index in [9.17, 15) is 54.3 Å². The third-order valence-corrected chi connectivity index (χ3v) is 18.3. The van der Waals surface area contributed by atoms with Crippen LogP contribution in [0.5, 0.6) is 0 Å². The summed E-state index contributed by atoms with van der Waals surface area (Å²) in [4.78, 5) is 57.4. The van der Waals surface area contributed by atoms with E-state index in [0.717, 1.165) is 71.3 Å². The molecule has 0 aromatic heterocycles. The second kappa shape index (κ2) is 36.9. The van der Waals surface area contributed by atoms with E-state index in [0.29, 0.717) is 43.2 Å². The minimum Gasteiger partial charge on any atom is -0.463 e. The lowest BCUT2D eigenvalue weighted by Gasteiger charge is -2.37. The first-order valence-electron chi connectivity index (χ1n) is 33.7. The topological polar surface area (TPSA) is 166 Å². The summed E-state index contributed by atoms with van der Waals surface area (Å²) in [6.07, 6.45) is 0. The predicted molar refractivity (Wildman–Crippen MR) is 412 cm³/mol. The summed E-state index contributed by atoms with van der Waals surface area (Å²) < 4.78 is 132. The molecular weight excluding hydrogens is 1480 g/mol. The molecule has 4 atom stereocenters. The van der Waals surface area contributed by atoms with Crippen molar-refractivity contribution >= 4 is 116 Å². The van der Waals surface area contributed by atoms with Crippen LogP contribution in [0.15, 0.2) is 239 Å². The molecule has 0 saturated heterocycles. The average molecular weight is 1550 g/mol. The van der Waals surface area contributed by atoms with Gasteiger partial charge in [0, 0.05) is 92.1 Å². The highest BCUT2D eigenvalue weighted by Gasteiger charge is 2.41. The molecule has 0 fully saturated rings. The van der Waals surface area contributed by atoms with Crippen LogP contribution in [0.1, 0.15) is 102 Å². The van der Waals surface area contributed by atoms with Gasteiger partial charge in [-0.2, -0.15) is 0 Å². The van der Waals surface area contributed by atoms with Gasteiger partial charge in [-0.25, -0.2) is 54.3 Å². The molecular formula is C80H72F8N8O8S4. The zero-order valence-corrected chi connectivity index (χ0v) is 62.6. The van der Waals surface area contributed by atoms with Gasteiger partial charge in [0.25, 0.3) is 0 Å². The Morgan fingerprint density at radius 1 is 0.306 bits per heavy atom. The summed E-state index contributed by atoms with van der Waals surface area (Å²) in [5, 5.41) is 13.2.